The van der Waals surface area contributed by atoms with E-state index >= 15 is 0 Å². The first kappa shape index (κ1) is 13.8. The normalized spacial score (nSPS) is 14.2. The molecular formula is C13H20O4. The van der Waals surface area contributed by atoms with Gasteiger partial charge < -0.3 is 19.7 Å². The van der Waals surface area contributed by atoms with Crippen molar-refractivity contribution in [3.8, 4) is 11.5 Å². The SMILES string of the molecule is CCC[C@H](O)[C@@H](O)c1cc(OC)cc(OC)c1. The van der Waals surface area contributed by atoms with Gasteiger partial charge in [0, 0.05) is 6.07 Å². The molecule has 0 aliphatic heterocycles. The van der Waals surface area contributed by atoms with Gasteiger partial charge in [0.25, 0.3) is 0 Å². The second-order valence-corrected chi connectivity index (χ2v) is 3.95. The van der Waals surface area contributed by atoms with Crippen LogP contribution in [0, 0.1) is 0 Å². The van der Waals surface area contributed by atoms with Crippen molar-refractivity contribution in [3.05, 3.63) is 23.8 Å². The summed E-state index contributed by atoms with van der Waals surface area (Å²) < 4.78 is 10.2. The Bertz CT molecular complexity index is 329. The Hall–Kier alpha value is -1.26. The lowest BCUT2D eigenvalue weighted by atomic mass is 10.0. The smallest absolute Gasteiger partial charge is 0.122 e. The number of aliphatic hydroxyl groups is 2. The molecule has 2 N–H and O–H groups in total. The number of hydrogen-bond acceptors (Lipinski definition) is 4. The van der Waals surface area contributed by atoms with Gasteiger partial charge in [0.05, 0.1) is 20.3 Å². The van der Waals surface area contributed by atoms with Crippen LogP contribution in [0.1, 0.15) is 31.4 Å². The zero-order valence-corrected chi connectivity index (χ0v) is 10.5. The van der Waals surface area contributed by atoms with Crippen molar-refractivity contribution in [1.29, 1.82) is 0 Å². The zero-order chi connectivity index (χ0) is 12.8. The molecule has 4 nitrogen and oxygen atoms in total. The van der Waals surface area contributed by atoms with Crippen LogP contribution in [0.2, 0.25) is 0 Å². The van der Waals surface area contributed by atoms with Gasteiger partial charge in [0.15, 0.2) is 0 Å². The minimum absolute atomic E-state index is 0.556. The summed E-state index contributed by atoms with van der Waals surface area (Å²) in [5, 5.41) is 19.8. The predicted molar refractivity (Wildman–Crippen MR) is 65.4 cm³/mol. The molecule has 0 fully saturated rings. The van der Waals surface area contributed by atoms with Crippen molar-refractivity contribution in [2.24, 2.45) is 0 Å². The van der Waals surface area contributed by atoms with Gasteiger partial charge in [-0.15, -0.1) is 0 Å². The Labute approximate surface area is 102 Å². The highest BCUT2D eigenvalue weighted by Gasteiger charge is 2.19. The van der Waals surface area contributed by atoms with Crippen molar-refractivity contribution in [1.82, 2.24) is 0 Å². The van der Waals surface area contributed by atoms with E-state index in [0.717, 1.165) is 6.42 Å². The Morgan fingerprint density at radius 3 is 2.00 bits per heavy atom. The zero-order valence-electron chi connectivity index (χ0n) is 10.5. The monoisotopic (exact) mass is 240 g/mol. The van der Waals surface area contributed by atoms with Crippen LogP contribution < -0.4 is 9.47 Å². The molecule has 0 unspecified atom stereocenters. The molecule has 0 bridgehead atoms. The molecule has 0 heterocycles. The minimum atomic E-state index is -0.918. The molecule has 96 valence electrons. The highest BCUT2D eigenvalue weighted by atomic mass is 16.5. The van der Waals surface area contributed by atoms with E-state index in [-0.39, 0.29) is 0 Å². The fraction of sp³-hybridized carbons (Fsp3) is 0.538. The van der Waals surface area contributed by atoms with Crippen LogP contribution in [0.15, 0.2) is 18.2 Å². The Morgan fingerprint density at radius 1 is 1.06 bits per heavy atom. The molecular weight excluding hydrogens is 220 g/mol. The fourth-order valence-electron chi connectivity index (χ4n) is 1.68. The van der Waals surface area contributed by atoms with Gasteiger partial charge >= 0.3 is 0 Å². The largest absolute Gasteiger partial charge is 0.497 e. The van der Waals surface area contributed by atoms with E-state index in [1.165, 1.54) is 0 Å². The summed E-state index contributed by atoms with van der Waals surface area (Å²) in [5.41, 5.74) is 0.599. The maximum atomic E-state index is 10.00. The molecule has 17 heavy (non-hydrogen) atoms. The fourth-order valence-corrected chi connectivity index (χ4v) is 1.68. The number of ether oxygens (including phenoxy) is 2. The van der Waals surface area contributed by atoms with Crippen LogP contribution in [-0.2, 0) is 0 Å². The highest BCUT2D eigenvalue weighted by Crippen LogP contribution is 2.28. The van der Waals surface area contributed by atoms with Gasteiger partial charge in [0.1, 0.15) is 17.6 Å². The summed E-state index contributed by atoms with van der Waals surface area (Å²) in [6.07, 6.45) is -0.309. The Balaban J connectivity index is 2.95. The molecule has 4 heteroatoms. The maximum Gasteiger partial charge on any atom is 0.122 e. The van der Waals surface area contributed by atoms with E-state index < -0.39 is 12.2 Å². The van der Waals surface area contributed by atoms with E-state index in [1.807, 2.05) is 6.92 Å². The summed E-state index contributed by atoms with van der Waals surface area (Å²) in [4.78, 5) is 0. The van der Waals surface area contributed by atoms with Gasteiger partial charge in [0.2, 0.25) is 0 Å². The molecule has 1 aromatic rings. The average Bonchev–Trinajstić information content (AvgIpc) is 2.37. The van der Waals surface area contributed by atoms with E-state index in [2.05, 4.69) is 0 Å². The lowest BCUT2D eigenvalue weighted by Gasteiger charge is -2.18. The first-order chi connectivity index (χ1) is 8.12. The third kappa shape index (κ3) is 3.61. The molecule has 1 aromatic carbocycles. The third-order valence-corrected chi connectivity index (χ3v) is 2.66. The van der Waals surface area contributed by atoms with Crippen molar-refractivity contribution < 1.29 is 19.7 Å². The summed E-state index contributed by atoms with van der Waals surface area (Å²) in [6.45, 7) is 1.96. The van der Waals surface area contributed by atoms with Crippen LogP contribution in [0.25, 0.3) is 0 Å². The number of benzene rings is 1. The first-order valence-corrected chi connectivity index (χ1v) is 5.71. The van der Waals surface area contributed by atoms with E-state index in [0.29, 0.717) is 23.5 Å². The maximum absolute atomic E-state index is 10.00. The van der Waals surface area contributed by atoms with E-state index in [4.69, 9.17) is 9.47 Å². The van der Waals surface area contributed by atoms with Gasteiger partial charge in [-0.1, -0.05) is 13.3 Å². The minimum Gasteiger partial charge on any atom is -0.497 e. The molecule has 0 radical (unpaired) electrons. The summed E-state index contributed by atoms with van der Waals surface area (Å²) >= 11 is 0. The van der Waals surface area contributed by atoms with Crippen LogP contribution in [0.5, 0.6) is 11.5 Å². The Morgan fingerprint density at radius 2 is 1.59 bits per heavy atom. The summed E-state index contributed by atoms with van der Waals surface area (Å²) in [6, 6.07) is 5.13. The van der Waals surface area contributed by atoms with Crippen LogP contribution in [0.3, 0.4) is 0 Å². The second kappa shape index (κ2) is 6.47. The molecule has 0 amide bonds. The lowest BCUT2D eigenvalue weighted by Crippen LogP contribution is -2.17. The molecule has 0 aromatic heterocycles. The van der Waals surface area contributed by atoms with Crippen LogP contribution in [-0.4, -0.2) is 30.5 Å². The molecule has 0 saturated heterocycles. The van der Waals surface area contributed by atoms with Crippen molar-refractivity contribution in [3.63, 3.8) is 0 Å². The number of methoxy groups -OCH3 is 2. The molecule has 0 aliphatic rings. The lowest BCUT2D eigenvalue weighted by molar-refractivity contribution is 0.0129. The van der Waals surface area contributed by atoms with E-state index in [1.54, 1.807) is 32.4 Å². The molecule has 2 atom stereocenters. The Kier molecular flexibility index (Phi) is 5.25. The van der Waals surface area contributed by atoms with Gasteiger partial charge in [-0.25, -0.2) is 0 Å². The first-order valence-electron chi connectivity index (χ1n) is 5.71. The summed E-state index contributed by atoms with van der Waals surface area (Å²) in [5.74, 6) is 1.20. The summed E-state index contributed by atoms with van der Waals surface area (Å²) in [7, 11) is 3.10. The molecule has 0 aliphatic carbocycles. The second-order valence-electron chi connectivity index (χ2n) is 3.95. The topological polar surface area (TPSA) is 58.9 Å². The van der Waals surface area contributed by atoms with Crippen molar-refractivity contribution in [2.45, 2.75) is 32.0 Å². The number of aliphatic hydroxyl groups excluding tert-OH is 2. The average molecular weight is 240 g/mol. The quantitative estimate of drug-likeness (QED) is 0.797. The molecule has 0 saturated carbocycles. The van der Waals surface area contributed by atoms with Crippen LogP contribution >= 0.6 is 0 Å². The standard InChI is InChI=1S/C13H20O4/c1-4-5-12(14)13(15)9-6-10(16-2)8-11(7-9)17-3/h6-8,12-15H,4-5H2,1-3H3/t12-,13-/m0/s1. The van der Waals surface area contributed by atoms with Gasteiger partial charge in [-0.2, -0.15) is 0 Å². The number of rotatable bonds is 6. The van der Waals surface area contributed by atoms with Crippen molar-refractivity contribution >= 4 is 0 Å². The van der Waals surface area contributed by atoms with E-state index in [9.17, 15) is 10.2 Å². The molecule has 1 rings (SSSR count). The van der Waals surface area contributed by atoms with Gasteiger partial charge in [-0.3, -0.25) is 0 Å². The molecule has 0 spiro atoms. The highest BCUT2D eigenvalue weighted by molar-refractivity contribution is 5.39. The third-order valence-electron chi connectivity index (χ3n) is 2.66. The van der Waals surface area contributed by atoms with Gasteiger partial charge in [-0.05, 0) is 24.1 Å². The van der Waals surface area contributed by atoms with Crippen molar-refractivity contribution in [2.75, 3.05) is 14.2 Å². The van der Waals surface area contributed by atoms with Crippen LogP contribution in [0.4, 0.5) is 0 Å². The number of hydrogen-bond donors (Lipinski definition) is 2. The predicted octanol–water partition coefficient (Wildman–Crippen LogP) is 1.90.